The van der Waals surface area contributed by atoms with Gasteiger partial charge in [0.1, 0.15) is 10.4 Å². The monoisotopic (exact) mass is 840 g/mol. The van der Waals surface area contributed by atoms with Gasteiger partial charge >= 0.3 is 0 Å². The smallest absolute Gasteiger partial charge is 0.262 e. The summed E-state index contributed by atoms with van der Waals surface area (Å²) in [4.78, 5) is 27.8. The highest BCUT2D eigenvalue weighted by molar-refractivity contribution is 8.18. The summed E-state index contributed by atoms with van der Waals surface area (Å²) in [6, 6.07) is 37.5. The number of hydrogen-bond acceptors (Lipinski definition) is 6. The van der Waals surface area contributed by atoms with Crippen LogP contribution in [0, 0.1) is 5.92 Å². The number of carbonyl (C=O) groups is 1. The molecule has 0 aliphatic carbocycles. The average Bonchev–Trinajstić information content (AvgIpc) is 3.67. The first-order valence-electron chi connectivity index (χ1n) is 20.0. The zero-order chi connectivity index (χ0) is 41.3. The van der Waals surface area contributed by atoms with Crippen molar-refractivity contribution in [2.24, 2.45) is 10.9 Å². The molecule has 1 amide bonds. The van der Waals surface area contributed by atoms with Crippen molar-refractivity contribution in [3.05, 3.63) is 141 Å². The molecule has 0 saturated carbocycles. The molecule has 2 aliphatic rings. The summed E-state index contributed by atoms with van der Waals surface area (Å²) in [5.74, 6) is 0.110. The van der Waals surface area contributed by atoms with Gasteiger partial charge in [-0.3, -0.25) is 4.79 Å². The Balaban J connectivity index is 1.30. The second kappa shape index (κ2) is 17.5. The van der Waals surface area contributed by atoms with E-state index in [1.54, 1.807) is 0 Å². The Morgan fingerprint density at radius 2 is 1.39 bits per heavy atom. The van der Waals surface area contributed by atoms with Gasteiger partial charge in [0.25, 0.3) is 14.2 Å². The summed E-state index contributed by atoms with van der Waals surface area (Å²) < 4.78 is 7.41. The van der Waals surface area contributed by atoms with E-state index in [2.05, 4.69) is 164 Å². The van der Waals surface area contributed by atoms with Crippen LogP contribution in [0.15, 0.2) is 125 Å². The van der Waals surface area contributed by atoms with Gasteiger partial charge in [-0.15, -0.1) is 0 Å². The minimum atomic E-state index is -2.74. The van der Waals surface area contributed by atoms with Crippen molar-refractivity contribution in [3.8, 4) is 0 Å². The summed E-state index contributed by atoms with van der Waals surface area (Å²) in [6.07, 6.45) is 0.761. The van der Waals surface area contributed by atoms with Crippen molar-refractivity contribution < 1.29 is 9.22 Å². The van der Waals surface area contributed by atoms with Crippen molar-refractivity contribution in [1.29, 1.82) is 0 Å². The first kappa shape index (κ1) is 43.2. The van der Waals surface area contributed by atoms with Crippen molar-refractivity contribution in [2.75, 3.05) is 27.2 Å². The van der Waals surface area contributed by atoms with E-state index in [0.717, 1.165) is 33.3 Å². The molecule has 0 fully saturated rings. The summed E-state index contributed by atoms with van der Waals surface area (Å²) in [5, 5.41) is 4.60. The van der Waals surface area contributed by atoms with Gasteiger partial charge in [-0.1, -0.05) is 143 Å². The molecule has 6 nitrogen and oxygen atoms in total. The van der Waals surface area contributed by atoms with Gasteiger partial charge in [-0.25, -0.2) is 4.99 Å². The van der Waals surface area contributed by atoms with E-state index in [0.29, 0.717) is 23.2 Å². The third kappa shape index (κ3) is 8.55. The number of carbonyl (C=O) groups excluding carboxylic acids is 1. The third-order valence-corrected chi connectivity index (χ3v) is 18.2. The van der Waals surface area contributed by atoms with Gasteiger partial charge in [-0.05, 0) is 110 Å². The number of fused-ring (bicyclic) bond motifs is 1. The lowest BCUT2D eigenvalue weighted by molar-refractivity contribution is -0.128. The standard InChI is InChI=1S/C47H58Cl2N4O2SSi/c1-32(2)41-42(56-45-50-47(8,35-23-27-37(49)28-24-35)43(53(41)45)34-21-25-36(48)26-22-34)44(54)52(33(3)4)30-29-38(51(9)10)31-55-57(46(5,6)7,39-17-13-11-14-18-39)40-19-15-12-16-20-40/h11-28,32-33,38,43H,29-31H2,1-10H3/t38-,43+,47-/m0/s1. The molecule has 0 spiro atoms. The average molecular weight is 842 g/mol. The Hall–Kier alpha value is -3.37. The van der Waals surface area contributed by atoms with E-state index in [4.69, 9.17) is 32.6 Å². The first-order valence-corrected chi connectivity index (χ1v) is 23.5. The summed E-state index contributed by atoms with van der Waals surface area (Å²) >= 11 is 14.3. The lowest BCUT2D eigenvalue weighted by atomic mass is 9.81. The molecular formula is C47H58Cl2N4O2SSi. The molecule has 0 saturated heterocycles. The molecule has 6 rings (SSSR count). The van der Waals surface area contributed by atoms with E-state index in [1.165, 1.54) is 22.1 Å². The second-order valence-corrected chi connectivity index (χ2v) is 23.5. The molecule has 3 atom stereocenters. The Labute approximate surface area is 356 Å². The topological polar surface area (TPSA) is 48.4 Å². The number of aliphatic imine (C=N–C) groups is 1. The number of halogens is 2. The van der Waals surface area contributed by atoms with Gasteiger partial charge in [0, 0.05) is 34.4 Å². The first-order chi connectivity index (χ1) is 27.0. The number of rotatable bonds is 14. The SMILES string of the molecule is CC(C)C1=C(C(=O)N(CC[C@@H](CO[Si](c2ccccc2)(c2ccccc2)C(C)(C)C)N(C)C)C(C)C)SC2=N[C@@](C)(c3ccc(Cl)cc3)[C@@H](c3ccc(Cl)cc3)N21. The summed E-state index contributed by atoms with van der Waals surface area (Å²) in [7, 11) is 1.50. The van der Waals surface area contributed by atoms with Crippen LogP contribution in [0.5, 0.6) is 0 Å². The highest BCUT2D eigenvalue weighted by Crippen LogP contribution is 2.56. The van der Waals surface area contributed by atoms with Gasteiger partial charge in [0.2, 0.25) is 0 Å². The number of hydrogen-bond donors (Lipinski definition) is 0. The van der Waals surface area contributed by atoms with Gasteiger partial charge < -0.3 is 19.1 Å². The number of likely N-dealkylation sites (N-methyl/N-ethyl adjacent to an activating group) is 1. The van der Waals surface area contributed by atoms with Gasteiger partial charge in [-0.2, -0.15) is 0 Å². The maximum Gasteiger partial charge on any atom is 0.262 e. The van der Waals surface area contributed by atoms with Crippen LogP contribution in [0.2, 0.25) is 15.1 Å². The molecule has 0 unspecified atom stereocenters. The zero-order valence-electron chi connectivity index (χ0n) is 35.1. The lowest BCUT2D eigenvalue weighted by Crippen LogP contribution is -2.67. The fraction of sp³-hybridized carbons (Fsp3) is 0.404. The van der Waals surface area contributed by atoms with E-state index < -0.39 is 13.9 Å². The zero-order valence-corrected chi connectivity index (χ0v) is 38.4. The van der Waals surface area contributed by atoms with E-state index in [1.807, 2.05) is 29.2 Å². The molecule has 2 aliphatic heterocycles. The fourth-order valence-corrected chi connectivity index (χ4v) is 14.8. The van der Waals surface area contributed by atoms with Crippen LogP contribution < -0.4 is 10.4 Å². The van der Waals surface area contributed by atoms with E-state index in [9.17, 15) is 4.79 Å². The van der Waals surface area contributed by atoms with Crippen LogP contribution in [-0.4, -0.2) is 73.4 Å². The van der Waals surface area contributed by atoms with Crippen LogP contribution in [-0.2, 0) is 14.8 Å². The Morgan fingerprint density at radius 3 is 1.86 bits per heavy atom. The predicted octanol–water partition coefficient (Wildman–Crippen LogP) is 10.4. The van der Waals surface area contributed by atoms with Crippen molar-refractivity contribution in [2.45, 2.75) is 90.5 Å². The molecule has 4 aromatic rings. The van der Waals surface area contributed by atoms with Crippen molar-refractivity contribution >= 4 is 64.7 Å². The highest BCUT2D eigenvalue weighted by Gasteiger charge is 2.54. The van der Waals surface area contributed by atoms with E-state index >= 15 is 0 Å². The molecule has 57 heavy (non-hydrogen) atoms. The number of nitrogens with zero attached hydrogens (tertiary/aromatic N) is 4. The van der Waals surface area contributed by atoms with Gasteiger partial charge in [0.15, 0.2) is 5.17 Å². The maximum atomic E-state index is 15.0. The molecule has 2 heterocycles. The minimum Gasteiger partial charge on any atom is -0.406 e. The maximum absolute atomic E-state index is 15.0. The molecule has 10 heteroatoms. The van der Waals surface area contributed by atoms with Crippen LogP contribution in [0.4, 0.5) is 0 Å². The van der Waals surface area contributed by atoms with Crippen molar-refractivity contribution in [3.63, 3.8) is 0 Å². The molecule has 0 radical (unpaired) electrons. The molecule has 0 N–H and O–H groups in total. The van der Waals surface area contributed by atoms with E-state index in [-0.39, 0.29) is 35.0 Å². The lowest BCUT2D eigenvalue weighted by Gasteiger charge is -2.44. The molecule has 0 bridgehead atoms. The van der Waals surface area contributed by atoms with Gasteiger partial charge in [0.05, 0.1) is 12.6 Å². The minimum absolute atomic E-state index is 0.0109. The number of amides is 1. The van der Waals surface area contributed by atoms with Crippen molar-refractivity contribution in [1.82, 2.24) is 14.7 Å². The Kier molecular flexibility index (Phi) is 13.2. The predicted molar refractivity (Wildman–Crippen MR) is 244 cm³/mol. The van der Waals surface area contributed by atoms with Crippen LogP contribution >= 0.6 is 35.0 Å². The summed E-state index contributed by atoms with van der Waals surface area (Å²) in [5.41, 5.74) is 2.52. The molecular weight excluding hydrogens is 784 g/mol. The molecule has 302 valence electrons. The normalized spacial score (nSPS) is 19.1. The number of allylic oxidation sites excluding steroid dienone is 1. The Morgan fingerprint density at radius 1 is 0.860 bits per heavy atom. The number of amidine groups is 1. The van der Waals surface area contributed by atoms with Crippen LogP contribution in [0.25, 0.3) is 0 Å². The second-order valence-electron chi connectivity index (χ2n) is 17.3. The number of benzene rings is 4. The van der Waals surface area contributed by atoms with Crippen LogP contribution in [0.3, 0.4) is 0 Å². The third-order valence-electron chi connectivity index (χ3n) is 11.6. The Bertz CT molecular complexity index is 2030. The highest BCUT2D eigenvalue weighted by atomic mass is 35.5. The molecule has 0 aromatic heterocycles. The quantitative estimate of drug-likeness (QED) is 0.118. The molecule has 4 aromatic carbocycles. The fourth-order valence-electron chi connectivity index (χ4n) is 8.55. The largest absolute Gasteiger partial charge is 0.406 e. The number of thioether (sulfide) groups is 1. The van der Waals surface area contributed by atoms with Crippen LogP contribution in [0.1, 0.15) is 79.0 Å². The summed E-state index contributed by atoms with van der Waals surface area (Å²) in [6.45, 7) is 18.8.